The predicted octanol–water partition coefficient (Wildman–Crippen LogP) is 1.58. The van der Waals surface area contributed by atoms with Crippen LogP contribution >= 0.6 is 0 Å². The summed E-state index contributed by atoms with van der Waals surface area (Å²) in [6.45, 7) is 2.90. The lowest BCUT2D eigenvalue weighted by molar-refractivity contribution is 0.100. The molecule has 0 aromatic heterocycles. The standard InChI is InChI=1S/C11H17N3O/c1-2-3-7-14-10-8(11(13)15)5-4-6-9(10)12/h4-6,14H,2-3,7,12H2,1H3,(H2,13,15). The monoisotopic (exact) mass is 207 g/mol. The van der Waals surface area contributed by atoms with Gasteiger partial charge in [0.25, 0.3) is 5.91 Å². The molecule has 0 heterocycles. The van der Waals surface area contributed by atoms with Crippen LogP contribution in [0.5, 0.6) is 0 Å². The van der Waals surface area contributed by atoms with Crippen molar-refractivity contribution in [2.75, 3.05) is 17.6 Å². The van der Waals surface area contributed by atoms with Crippen LogP contribution in [0.2, 0.25) is 0 Å². The van der Waals surface area contributed by atoms with Gasteiger partial charge < -0.3 is 16.8 Å². The van der Waals surface area contributed by atoms with Gasteiger partial charge in [0.2, 0.25) is 0 Å². The van der Waals surface area contributed by atoms with E-state index >= 15 is 0 Å². The highest BCUT2D eigenvalue weighted by atomic mass is 16.1. The fraction of sp³-hybridized carbons (Fsp3) is 0.364. The molecule has 0 saturated carbocycles. The number of nitrogen functional groups attached to an aromatic ring is 1. The third kappa shape index (κ3) is 2.87. The molecule has 1 rings (SSSR count). The number of carbonyl (C=O) groups excluding carboxylic acids is 1. The van der Waals surface area contributed by atoms with E-state index in [1.165, 1.54) is 0 Å². The first-order chi connectivity index (χ1) is 7.16. The second-order valence-corrected chi connectivity index (χ2v) is 3.41. The van der Waals surface area contributed by atoms with Gasteiger partial charge in [-0.1, -0.05) is 19.4 Å². The van der Waals surface area contributed by atoms with Crippen molar-refractivity contribution in [1.82, 2.24) is 0 Å². The fourth-order valence-electron chi connectivity index (χ4n) is 1.36. The molecule has 0 atom stereocenters. The highest BCUT2D eigenvalue weighted by Gasteiger charge is 2.09. The molecule has 0 spiro atoms. The Balaban J connectivity index is 2.87. The van der Waals surface area contributed by atoms with E-state index in [0.717, 1.165) is 19.4 Å². The third-order valence-corrected chi connectivity index (χ3v) is 2.19. The Morgan fingerprint density at radius 1 is 1.47 bits per heavy atom. The third-order valence-electron chi connectivity index (χ3n) is 2.19. The molecule has 0 bridgehead atoms. The molecule has 0 saturated heterocycles. The molecule has 15 heavy (non-hydrogen) atoms. The minimum absolute atomic E-state index is 0.450. The molecule has 1 aromatic carbocycles. The number of amides is 1. The summed E-state index contributed by atoms with van der Waals surface area (Å²) in [5.41, 5.74) is 12.7. The average Bonchev–Trinajstić information content (AvgIpc) is 2.20. The summed E-state index contributed by atoms with van der Waals surface area (Å²) < 4.78 is 0. The van der Waals surface area contributed by atoms with Gasteiger partial charge >= 0.3 is 0 Å². The van der Waals surface area contributed by atoms with Gasteiger partial charge in [-0.25, -0.2) is 0 Å². The number of unbranched alkanes of at least 4 members (excludes halogenated alkanes) is 1. The lowest BCUT2D eigenvalue weighted by Crippen LogP contribution is -2.16. The highest BCUT2D eigenvalue weighted by Crippen LogP contribution is 2.22. The van der Waals surface area contributed by atoms with Crippen molar-refractivity contribution in [1.29, 1.82) is 0 Å². The number of nitrogens with one attached hydrogen (secondary N) is 1. The van der Waals surface area contributed by atoms with Crippen LogP contribution in [0.1, 0.15) is 30.1 Å². The topological polar surface area (TPSA) is 81.1 Å². The molecule has 0 unspecified atom stereocenters. The summed E-state index contributed by atoms with van der Waals surface area (Å²) in [5, 5.41) is 3.14. The van der Waals surface area contributed by atoms with Gasteiger partial charge in [0.15, 0.2) is 0 Å². The lowest BCUT2D eigenvalue weighted by atomic mass is 10.1. The van der Waals surface area contributed by atoms with Crippen LogP contribution in [-0.2, 0) is 0 Å². The molecular weight excluding hydrogens is 190 g/mol. The van der Waals surface area contributed by atoms with Crippen LogP contribution in [0.4, 0.5) is 11.4 Å². The van der Waals surface area contributed by atoms with Crippen molar-refractivity contribution < 1.29 is 4.79 Å². The van der Waals surface area contributed by atoms with E-state index in [9.17, 15) is 4.79 Å². The van der Waals surface area contributed by atoms with Gasteiger partial charge in [0, 0.05) is 6.54 Å². The first-order valence-electron chi connectivity index (χ1n) is 5.09. The van der Waals surface area contributed by atoms with Crippen molar-refractivity contribution in [3.8, 4) is 0 Å². The quantitative estimate of drug-likeness (QED) is 0.506. The molecule has 4 heteroatoms. The summed E-state index contributed by atoms with van der Waals surface area (Å²) in [6.07, 6.45) is 2.12. The number of carbonyl (C=O) groups is 1. The van der Waals surface area contributed by atoms with E-state index in [-0.39, 0.29) is 0 Å². The number of nitrogens with two attached hydrogens (primary N) is 2. The molecule has 0 aliphatic carbocycles. The van der Waals surface area contributed by atoms with E-state index in [0.29, 0.717) is 16.9 Å². The normalized spacial score (nSPS) is 9.93. The van der Waals surface area contributed by atoms with E-state index in [1.807, 2.05) is 0 Å². The molecule has 0 aliphatic rings. The van der Waals surface area contributed by atoms with Gasteiger partial charge in [-0.2, -0.15) is 0 Å². The number of rotatable bonds is 5. The second kappa shape index (κ2) is 5.24. The Morgan fingerprint density at radius 3 is 2.80 bits per heavy atom. The number of anilines is 2. The smallest absolute Gasteiger partial charge is 0.250 e. The zero-order valence-electron chi connectivity index (χ0n) is 8.92. The van der Waals surface area contributed by atoms with Crippen molar-refractivity contribution >= 4 is 17.3 Å². The maximum Gasteiger partial charge on any atom is 0.250 e. The number of primary amides is 1. The zero-order valence-corrected chi connectivity index (χ0v) is 8.92. The summed E-state index contributed by atoms with van der Waals surface area (Å²) in [4.78, 5) is 11.1. The first kappa shape index (κ1) is 11.4. The largest absolute Gasteiger partial charge is 0.397 e. The van der Waals surface area contributed by atoms with Crippen molar-refractivity contribution in [2.45, 2.75) is 19.8 Å². The number of hydrogen-bond acceptors (Lipinski definition) is 3. The molecular formula is C11H17N3O. The van der Waals surface area contributed by atoms with Crippen LogP contribution in [0.25, 0.3) is 0 Å². The zero-order chi connectivity index (χ0) is 11.3. The summed E-state index contributed by atoms with van der Waals surface area (Å²) >= 11 is 0. The van der Waals surface area contributed by atoms with E-state index < -0.39 is 5.91 Å². The Labute approximate surface area is 89.6 Å². The van der Waals surface area contributed by atoms with Crippen molar-refractivity contribution in [2.24, 2.45) is 5.73 Å². The summed E-state index contributed by atoms with van der Waals surface area (Å²) in [6, 6.07) is 5.15. The van der Waals surface area contributed by atoms with Crippen LogP contribution in [0.3, 0.4) is 0 Å². The van der Waals surface area contributed by atoms with Gasteiger partial charge in [0.1, 0.15) is 0 Å². The maximum atomic E-state index is 11.1. The fourth-order valence-corrected chi connectivity index (χ4v) is 1.36. The predicted molar refractivity (Wildman–Crippen MR) is 62.8 cm³/mol. The summed E-state index contributed by atoms with van der Waals surface area (Å²) in [5.74, 6) is -0.457. The van der Waals surface area contributed by atoms with E-state index in [1.54, 1.807) is 18.2 Å². The highest BCUT2D eigenvalue weighted by molar-refractivity contribution is 6.01. The second-order valence-electron chi connectivity index (χ2n) is 3.41. The van der Waals surface area contributed by atoms with Crippen LogP contribution in [-0.4, -0.2) is 12.5 Å². The maximum absolute atomic E-state index is 11.1. The van der Waals surface area contributed by atoms with Crippen LogP contribution in [0.15, 0.2) is 18.2 Å². The Bertz CT molecular complexity index is 350. The minimum atomic E-state index is -0.457. The Hall–Kier alpha value is -1.71. The van der Waals surface area contributed by atoms with E-state index in [2.05, 4.69) is 12.2 Å². The number of benzene rings is 1. The molecule has 82 valence electrons. The van der Waals surface area contributed by atoms with Gasteiger partial charge in [-0.15, -0.1) is 0 Å². The molecule has 4 nitrogen and oxygen atoms in total. The minimum Gasteiger partial charge on any atom is -0.397 e. The van der Waals surface area contributed by atoms with Gasteiger partial charge in [-0.05, 0) is 18.6 Å². The Kier molecular flexibility index (Phi) is 3.97. The van der Waals surface area contributed by atoms with Gasteiger partial charge in [-0.3, -0.25) is 4.79 Å². The van der Waals surface area contributed by atoms with Gasteiger partial charge in [0.05, 0.1) is 16.9 Å². The molecule has 5 N–H and O–H groups in total. The van der Waals surface area contributed by atoms with E-state index in [4.69, 9.17) is 11.5 Å². The van der Waals surface area contributed by atoms with Crippen molar-refractivity contribution in [3.05, 3.63) is 23.8 Å². The molecule has 1 amide bonds. The number of hydrogen-bond donors (Lipinski definition) is 3. The first-order valence-corrected chi connectivity index (χ1v) is 5.09. The SMILES string of the molecule is CCCCNc1c(N)cccc1C(N)=O. The molecule has 1 aromatic rings. The van der Waals surface area contributed by atoms with Crippen LogP contribution < -0.4 is 16.8 Å². The molecule has 0 radical (unpaired) electrons. The molecule has 0 aliphatic heterocycles. The number of para-hydroxylation sites is 1. The average molecular weight is 207 g/mol. The summed E-state index contributed by atoms with van der Waals surface area (Å²) in [7, 11) is 0. The Morgan fingerprint density at radius 2 is 2.20 bits per heavy atom. The van der Waals surface area contributed by atoms with Crippen molar-refractivity contribution in [3.63, 3.8) is 0 Å². The van der Waals surface area contributed by atoms with Crippen LogP contribution in [0, 0.1) is 0 Å². The molecule has 0 fully saturated rings. The lowest BCUT2D eigenvalue weighted by Gasteiger charge is -2.12.